The molecule has 3 aromatic carbocycles. The summed E-state index contributed by atoms with van der Waals surface area (Å²) in [5, 5.41) is 2.91. The highest BCUT2D eigenvalue weighted by Gasteiger charge is 2.15. The Balaban J connectivity index is 1.81. The number of hydrogen-bond acceptors (Lipinski definition) is 3. The fourth-order valence-corrected chi connectivity index (χ4v) is 3.92. The SMILES string of the molecule is CC(C)c1ccccc1NC(=O)c1cccc(NS(=O)(=O)c2ccccc2)c1. The van der Waals surface area contributed by atoms with Crippen molar-refractivity contribution in [3.05, 3.63) is 90.0 Å². The van der Waals surface area contributed by atoms with Crippen LogP contribution in [0.15, 0.2) is 83.8 Å². The number of rotatable bonds is 6. The maximum Gasteiger partial charge on any atom is 0.261 e. The van der Waals surface area contributed by atoms with Crippen LogP contribution >= 0.6 is 0 Å². The van der Waals surface area contributed by atoms with E-state index in [1.54, 1.807) is 36.4 Å². The highest BCUT2D eigenvalue weighted by molar-refractivity contribution is 7.92. The molecule has 0 radical (unpaired) electrons. The number of nitrogens with one attached hydrogen (secondary N) is 2. The monoisotopic (exact) mass is 394 g/mol. The van der Waals surface area contributed by atoms with Gasteiger partial charge in [-0.2, -0.15) is 0 Å². The summed E-state index contributed by atoms with van der Waals surface area (Å²) in [4.78, 5) is 12.9. The van der Waals surface area contributed by atoms with Crippen LogP contribution in [0.4, 0.5) is 11.4 Å². The van der Waals surface area contributed by atoms with E-state index in [0.717, 1.165) is 11.3 Å². The Morgan fingerprint density at radius 1 is 0.857 bits per heavy atom. The van der Waals surface area contributed by atoms with Gasteiger partial charge in [-0.15, -0.1) is 0 Å². The van der Waals surface area contributed by atoms with Gasteiger partial charge in [-0.25, -0.2) is 8.42 Å². The van der Waals surface area contributed by atoms with Crippen LogP contribution in [-0.2, 0) is 10.0 Å². The van der Waals surface area contributed by atoms with Crippen molar-refractivity contribution in [2.24, 2.45) is 0 Å². The molecule has 144 valence electrons. The first-order valence-corrected chi connectivity index (χ1v) is 10.4. The fourth-order valence-electron chi connectivity index (χ4n) is 2.85. The van der Waals surface area contributed by atoms with E-state index >= 15 is 0 Å². The predicted molar refractivity (Wildman–Crippen MR) is 112 cm³/mol. The predicted octanol–water partition coefficient (Wildman–Crippen LogP) is 4.86. The molecule has 0 bridgehead atoms. The normalized spacial score (nSPS) is 11.2. The third-order valence-corrected chi connectivity index (χ3v) is 5.66. The summed E-state index contributed by atoms with van der Waals surface area (Å²) in [6.45, 7) is 4.12. The van der Waals surface area contributed by atoms with Crippen LogP contribution in [0.3, 0.4) is 0 Å². The topological polar surface area (TPSA) is 75.3 Å². The van der Waals surface area contributed by atoms with Gasteiger partial charge in [-0.05, 0) is 47.9 Å². The fraction of sp³-hybridized carbons (Fsp3) is 0.136. The van der Waals surface area contributed by atoms with Crippen molar-refractivity contribution < 1.29 is 13.2 Å². The average Bonchev–Trinajstić information content (AvgIpc) is 2.69. The van der Waals surface area contributed by atoms with E-state index in [0.29, 0.717) is 11.3 Å². The second kappa shape index (κ2) is 8.27. The van der Waals surface area contributed by atoms with Gasteiger partial charge >= 0.3 is 0 Å². The minimum Gasteiger partial charge on any atom is -0.322 e. The van der Waals surface area contributed by atoms with Crippen molar-refractivity contribution >= 4 is 27.3 Å². The van der Waals surface area contributed by atoms with Crippen molar-refractivity contribution in [1.29, 1.82) is 0 Å². The molecule has 6 heteroatoms. The van der Waals surface area contributed by atoms with Gasteiger partial charge in [0, 0.05) is 16.9 Å². The van der Waals surface area contributed by atoms with Gasteiger partial charge in [-0.3, -0.25) is 9.52 Å². The van der Waals surface area contributed by atoms with Gasteiger partial charge in [0.15, 0.2) is 0 Å². The summed E-state index contributed by atoms with van der Waals surface area (Å²) in [5.74, 6) is -0.0330. The number of carbonyl (C=O) groups excluding carboxylic acids is 1. The second-order valence-electron chi connectivity index (χ2n) is 6.70. The van der Waals surface area contributed by atoms with Crippen LogP contribution in [0.25, 0.3) is 0 Å². The molecule has 0 unspecified atom stereocenters. The van der Waals surface area contributed by atoms with Crippen LogP contribution in [0.5, 0.6) is 0 Å². The van der Waals surface area contributed by atoms with Crippen molar-refractivity contribution in [2.75, 3.05) is 10.0 Å². The largest absolute Gasteiger partial charge is 0.322 e. The Bertz CT molecular complexity index is 1080. The zero-order valence-corrected chi connectivity index (χ0v) is 16.5. The van der Waals surface area contributed by atoms with E-state index in [-0.39, 0.29) is 16.7 Å². The first kappa shape index (κ1) is 19.6. The molecule has 0 fully saturated rings. The lowest BCUT2D eigenvalue weighted by Gasteiger charge is -2.14. The van der Waals surface area contributed by atoms with E-state index in [2.05, 4.69) is 23.9 Å². The minimum atomic E-state index is -3.71. The molecule has 0 aliphatic rings. The molecule has 0 aliphatic carbocycles. The van der Waals surface area contributed by atoms with Crippen molar-refractivity contribution in [3.8, 4) is 0 Å². The van der Waals surface area contributed by atoms with E-state index in [9.17, 15) is 13.2 Å². The Hall–Kier alpha value is -3.12. The summed E-state index contributed by atoms with van der Waals surface area (Å²) < 4.78 is 27.5. The number of anilines is 2. The maximum atomic E-state index is 12.7. The van der Waals surface area contributed by atoms with Crippen LogP contribution in [0.2, 0.25) is 0 Å². The minimum absolute atomic E-state index is 0.163. The van der Waals surface area contributed by atoms with E-state index in [1.807, 2.05) is 24.3 Å². The highest BCUT2D eigenvalue weighted by atomic mass is 32.2. The van der Waals surface area contributed by atoms with Gasteiger partial charge in [0.1, 0.15) is 0 Å². The van der Waals surface area contributed by atoms with Crippen LogP contribution in [-0.4, -0.2) is 14.3 Å². The Morgan fingerprint density at radius 2 is 1.54 bits per heavy atom. The lowest BCUT2D eigenvalue weighted by molar-refractivity contribution is 0.102. The molecule has 0 saturated carbocycles. The molecule has 3 aromatic rings. The molecular weight excluding hydrogens is 372 g/mol. The first-order valence-electron chi connectivity index (χ1n) is 8.95. The maximum absolute atomic E-state index is 12.7. The van der Waals surface area contributed by atoms with Crippen molar-refractivity contribution in [3.63, 3.8) is 0 Å². The van der Waals surface area contributed by atoms with Gasteiger partial charge < -0.3 is 5.32 Å². The smallest absolute Gasteiger partial charge is 0.261 e. The number of amides is 1. The third-order valence-electron chi connectivity index (χ3n) is 4.26. The first-order chi connectivity index (χ1) is 13.4. The molecule has 28 heavy (non-hydrogen) atoms. The lowest BCUT2D eigenvalue weighted by atomic mass is 10.0. The molecular formula is C22H22N2O3S. The molecule has 0 atom stereocenters. The van der Waals surface area contributed by atoms with Crippen molar-refractivity contribution in [2.45, 2.75) is 24.7 Å². The second-order valence-corrected chi connectivity index (χ2v) is 8.38. The molecule has 3 rings (SSSR count). The lowest BCUT2D eigenvalue weighted by Crippen LogP contribution is -2.16. The number of carbonyl (C=O) groups is 1. The molecule has 1 amide bonds. The standard InChI is InChI=1S/C22H22N2O3S/c1-16(2)20-13-6-7-14-21(20)23-22(25)17-9-8-10-18(15-17)24-28(26,27)19-11-4-3-5-12-19/h3-16,24H,1-2H3,(H,23,25). The molecule has 0 aliphatic heterocycles. The van der Waals surface area contributed by atoms with Gasteiger partial charge in [-0.1, -0.05) is 56.3 Å². The summed E-state index contributed by atoms with van der Waals surface area (Å²) in [6.07, 6.45) is 0. The van der Waals surface area contributed by atoms with Crippen LogP contribution in [0, 0.1) is 0 Å². The molecule has 0 spiro atoms. The number of sulfonamides is 1. The summed E-state index contributed by atoms with van der Waals surface area (Å²) in [5.41, 5.74) is 2.48. The van der Waals surface area contributed by atoms with Gasteiger partial charge in [0.05, 0.1) is 4.90 Å². The quantitative estimate of drug-likeness (QED) is 0.627. The Kier molecular flexibility index (Phi) is 5.80. The number of hydrogen-bond donors (Lipinski definition) is 2. The van der Waals surface area contributed by atoms with E-state index in [4.69, 9.17) is 0 Å². The average molecular weight is 394 g/mol. The highest BCUT2D eigenvalue weighted by Crippen LogP contribution is 2.24. The molecule has 5 nitrogen and oxygen atoms in total. The molecule has 2 N–H and O–H groups in total. The number of benzene rings is 3. The van der Waals surface area contributed by atoms with Crippen molar-refractivity contribution in [1.82, 2.24) is 0 Å². The van der Waals surface area contributed by atoms with Gasteiger partial charge in [0.2, 0.25) is 0 Å². The van der Waals surface area contributed by atoms with E-state index in [1.165, 1.54) is 18.2 Å². The summed E-state index contributed by atoms with van der Waals surface area (Å²) in [6, 6.07) is 22.2. The van der Waals surface area contributed by atoms with Crippen LogP contribution < -0.4 is 10.0 Å². The van der Waals surface area contributed by atoms with Crippen LogP contribution in [0.1, 0.15) is 35.7 Å². The van der Waals surface area contributed by atoms with Gasteiger partial charge in [0.25, 0.3) is 15.9 Å². The summed E-state index contributed by atoms with van der Waals surface area (Å²) >= 11 is 0. The summed E-state index contributed by atoms with van der Waals surface area (Å²) in [7, 11) is -3.71. The van der Waals surface area contributed by atoms with E-state index < -0.39 is 10.0 Å². The molecule has 0 saturated heterocycles. The Morgan fingerprint density at radius 3 is 2.25 bits per heavy atom. The zero-order valence-electron chi connectivity index (χ0n) is 15.7. The molecule has 0 heterocycles. The zero-order chi connectivity index (χ0) is 20.1. The Labute approximate surface area is 165 Å². The molecule has 0 aromatic heterocycles. The third kappa shape index (κ3) is 4.58. The number of para-hydroxylation sites is 1.